The summed E-state index contributed by atoms with van der Waals surface area (Å²) in [6.45, 7) is 4.31. The number of imidazole rings is 1. The summed E-state index contributed by atoms with van der Waals surface area (Å²) in [4.78, 5) is 39.1. The van der Waals surface area contributed by atoms with Gasteiger partial charge >= 0.3 is 5.69 Å². The van der Waals surface area contributed by atoms with Crippen LogP contribution in [0, 0.1) is 0 Å². The number of hydrogen-bond donors (Lipinski definition) is 1. The first kappa shape index (κ1) is 20.1. The van der Waals surface area contributed by atoms with Crippen molar-refractivity contribution in [3.05, 3.63) is 82.4 Å². The van der Waals surface area contributed by atoms with Crippen LogP contribution in [0.1, 0.15) is 28.9 Å². The minimum absolute atomic E-state index is 0.00227. The molecule has 5 rings (SSSR count). The fourth-order valence-corrected chi connectivity index (χ4v) is 4.00. The zero-order valence-electron chi connectivity index (χ0n) is 17.7. The normalized spacial score (nSPS) is 15.1. The van der Waals surface area contributed by atoms with Gasteiger partial charge in [-0.25, -0.2) is 14.8 Å². The molecular weight excluding hydrogens is 406 g/mol. The Morgan fingerprint density at radius 2 is 1.78 bits per heavy atom. The standard InChI is InChI=1S/C24H23N5O3/c1-16(17-5-3-2-4-6-17)29-22-21(27-24(29)31)25-15-20(26-22)18-7-9-19(10-8-18)23(30)28-11-13-32-14-12-28/h2-10,15-16H,11-14H2,1H3,(H,25,27,31)/t16-/m0/s1. The number of ether oxygens (including phenoxy) is 1. The molecule has 1 aliphatic heterocycles. The molecule has 0 saturated carbocycles. The molecule has 0 aliphatic carbocycles. The Hall–Kier alpha value is -3.78. The lowest BCUT2D eigenvalue weighted by atomic mass is 10.1. The van der Waals surface area contributed by atoms with Gasteiger partial charge in [0.1, 0.15) is 0 Å². The molecule has 1 aliphatic rings. The maximum absolute atomic E-state index is 12.7. The second-order valence-corrected chi connectivity index (χ2v) is 7.80. The van der Waals surface area contributed by atoms with E-state index in [1.807, 2.05) is 49.4 Å². The van der Waals surface area contributed by atoms with Crippen molar-refractivity contribution in [2.45, 2.75) is 13.0 Å². The SMILES string of the molecule is C[C@@H](c1ccccc1)n1c(=O)[nH]c2ncc(-c3ccc(C(=O)N4CCOCC4)cc3)nc21. The van der Waals surface area contributed by atoms with Crippen LogP contribution in [0.2, 0.25) is 0 Å². The van der Waals surface area contributed by atoms with Crippen molar-refractivity contribution in [1.29, 1.82) is 0 Å². The van der Waals surface area contributed by atoms with Crippen LogP contribution in [0.5, 0.6) is 0 Å². The predicted octanol–water partition coefficient (Wildman–Crippen LogP) is 2.87. The first-order chi connectivity index (χ1) is 15.6. The fourth-order valence-electron chi connectivity index (χ4n) is 4.00. The predicted molar refractivity (Wildman–Crippen MR) is 121 cm³/mol. The summed E-state index contributed by atoms with van der Waals surface area (Å²) in [6.07, 6.45) is 1.63. The van der Waals surface area contributed by atoms with Gasteiger partial charge < -0.3 is 9.64 Å². The van der Waals surface area contributed by atoms with Gasteiger partial charge in [0.2, 0.25) is 0 Å². The van der Waals surface area contributed by atoms with Crippen LogP contribution in [0.25, 0.3) is 22.6 Å². The van der Waals surface area contributed by atoms with E-state index in [2.05, 4.69) is 9.97 Å². The molecule has 2 aromatic carbocycles. The third-order valence-corrected chi connectivity index (χ3v) is 5.82. The van der Waals surface area contributed by atoms with Crippen molar-refractivity contribution in [3.8, 4) is 11.3 Å². The number of aromatic nitrogens is 4. The van der Waals surface area contributed by atoms with Gasteiger partial charge in [-0.3, -0.25) is 14.3 Å². The Kier molecular flexibility index (Phi) is 5.28. The van der Waals surface area contributed by atoms with Crippen molar-refractivity contribution in [2.75, 3.05) is 26.3 Å². The first-order valence-corrected chi connectivity index (χ1v) is 10.6. The van der Waals surface area contributed by atoms with Gasteiger partial charge in [0.25, 0.3) is 5.91 Å². The average molecular weight is 429 g/mol. The molecule has 1 fully saturated rings. The molecule has 162 valence electrons. The number of fused-ring (bicyclic) bond motifs is 1. The summed E-state index contributed by atoms with van der Waals surface area (Å²) in [5.41, 5.74) is 3.79. The minimum atomic E-state index is -0.250. The smallest absolute Gasteiger partial charge is 0.329 e. The molecule has 2 aromatic heterocycles. The zero-order chi connectivity index (χ0) is 22.1. The molecule has 0 spiro atoms. The van der Waals surface area contributed by atoms with Gasteiger partial charge in [0, 0.05) is 24.2 Å². The van der Waals surface area contributed by atoms with Gasteiger partial charge in [-0.05, 0) is 24.6 Å². The molecule has 4 aromatic rings. The second kappa shape index (κ2) is 8.39. The Morgan fingerprint density at radius 3 is 2.50 bits per heavy atom. The van der Waals surface area contributed by atoms with E-state index < -0.39 is 0 Å². The molecule has 0 bridgehead atoms. The number of aromatic amines is 1. The lowest BCUT2D eigenvalue weighted by Crippen LogP contribution is -2.40. The minimum Gasteiger partial charge on any atom is -0.378 e. The second-order valence-electron chi connectivity index (χ2n) is 7.80. The van der Waals surface area contributed by atoms with Crippen molar-refractivity contribution >= 4 is 17.2 Å². The average Bonchev–Trinajstić information content (AvgIpc) is 3.19. The Bertz CT molecular complexity index is 1310. The molecule has 8 heteroatoms. The van der Waals surface area contributed by atoms with Crippen molar-refractivity contribution in [3.63, 3.8) is 0 Å². The lowest BCUT2D eigenvalue weighted by molar-refractivity contribution is 0.0303. The van der Waals surface area contributed by atoms with E-state index in [1.165, 1.54) is 0 Å². The lowest BCUT2D eigenvalue weighted by Gasteiger charge is -2.26. The van der Waals surface area contributed by atoms with E-state index in [0.717, 1.165) is 11.1 Å². The van der Waals surface area contributed by atoms with E-state index in [-0.39, 0.29) is 17.6 Å². The van der Waals surface area contributed by atoms with Crippen molar-refractivity contribution in [2.24, 2.45) is 0 Å². The molecule has 0 radical (unpaired) electrons. The molecule has 1 N–H and O–H groups in total. The Morgan fingerprint density at radius 1 is 1.06 bits per heavy atom. The number of carbonyl (C=O) groups excluding carboxylic acids is 1. The van der Waals surface area contributed by atoms with E-state index in [9.17, 15) is 9.59 Å². The molecule has 8 nitrogen and oxygen atoms in total. The maximum atomic E-state index is 12.7. The van der Waals surface area contributed by atoms with E-state index in [1.54, 1.807) is 27.8 Å². The monoisotopic (exact) mass is 429 g/mol. The highest BCUT2D eigenvalue weighted by Gasteiger charge is 2.20. The van der Waals surface area contributed by atoms with Gasteiger partial charge in [-0.2, -0.15) is 0 Å². The molecular formula is C24H23N5O3. The topological polar surface area (TPSA) is 93.1 Å². The van der Waals surface area contributed by atoms with Gasteiger partial charge in [-0.15, -0.1) is 0 Å². The third-order valence-electron chi connectivity index (χ3n) is 5.82. The number of nitrogens with zero attached hydrogens (tertiary/aromatic N) is 4. The van der Waals surface area contributed by atoms with Crippen LogP contribution in [0.4, 0.5) is 0 Å². The van der Waals surface area contributed by atoms with E-state index in [4.69, 9.17) is 9.72 Å². The number of nitrogens with one attached hydrogen (secondary N) is 1. The van der Waals surface area contributed by atoms with Crippen molar-refractivity contribution < 1.29 is 9.53 Å². The largest absolute Gasteiger partial charge is 0.378 e. The maximum Gasteiger partial charge on any atom is 0.329 e. The number of carbonyl (C=O) groups is 1. The quantitative estimate of drug-likeness (QED) is 0.539. The number of amides is 1. The highest BCUT2D eigenvalue weighted by molar-refractivity contribution is 5.94. The highest BCUT2D eigenvalue weighted by atomic mass is 16.5. The molecule has 3 heterocycles. The number of H-pyrrole nitrogens is 1. The molecule has 32 heavy (non-hydrogen) atoms. The number of benzene rings is 2. The van der Waals surface area contributed by atoms with Gasteiger partial charge in [-0.1, -0.05) is 42.5 Å². The first-order valence-electron chi connectivity index (χ1n) is 10.6. The van der Waals surface area contributed by atoms with Crippen LogP contribution in [-0.4, -0.2) is 56.6 Å². The summed E-state index contributed by atoms with van der Waals surface area (Å²) in [5, 5.41) is 0. The van der Waals surface area contributed by atoms with E-state index in [0.29, 0.717) is 48.9 Å². The summed E-state index contributed by atoms with van der Waals surface area (Å²) in [5.74, 6) is -0.00227. The summed E-state index contributed by atoms with van der Waals surface area (Å²) in [6, 6.07) is 16.9. The Labute approximate surface area is 184 Å². The van der Waals surface area contributed by atoms with Crippen LogP contribution >= 0.6 is 0 Å². The van der Waals surface area contributed by atoms with Crippen LogP contribution < -0.4 is 5.69 Å². The van der Waals surface area contributed by atoms with Gasteiger partial charge in [0.15, 0.2) is 11.3 Å². The van der Waals surface area contributed by atoms with E-state index >= 15 is 0 Å². The fraction of sp³-hybridized carbons (Fsp3) is 0.250. The summed E-state index contributed by atoms with van der Waals surface area (Å²) in [7, 11) is 0. The number of hydrogen-bond acceptors (Lipinski definition) is 5. The molecule has 1 saturated heterocycles. The van der Waals surface area contributed by atoms with Gasteiger partial charge in [0.05, 0.1) is 31.1 Å². The molecule has 1 atom stereocenters. The molecule has 1 amide bonds. The number of rotatable bonds is 4. The van der Waals surface area contributed by atoms with Crippen LogP contribution in [-0.2, 0) is 4.74 Å². The van der Waals surface area contributed by atoms with Crippen molar-refractivity contribution in [1.82, 2.24) is 24.4 Å². The number of morpholine rings is 1. The van der Waals surface area contributed by atoms with Crippen LogP contribution in [0.3, 0.4) is 0 Å². The zero-order valence-corrected chi connectivity index (χ0v) is 17.7. The third kappa shape index (κ3) is 3.69. The summed E-state index contributed by atoms with van der Waals surface area (Å²) >= 11 is 0. The Balaban J connectivity index is 1.47. The molecule has 0 unspecified atom stereocenters. The van der Waals surface area contributed by atoms with Crippen LogP contribution in [0.15, 0.2) is 65.6 Å². The summed E-state index contributed by atoms with van der Waals surface area (Å²) < 4.78 is 6.94. The highest BCUT2D eigenvalue weighted by Crippen LogP contribution is 2.23.